The molecule has 0 spiro atoms. The summed E-state index contributed by atoms with van der Waals surface area (Å²) >= 11 is 6.06. The Kier molecular flexibility index (Phi) is 5.09. The van der Waals surface area contributed by atoms with Gasteiger partial charge < -0.3 is 10.1 Å². The summed E-state index contributed by atoms with van der Waals surface area (Å²) in [7, 11) is 0. The van der Waals surface area contributed by atoms with Crippen molar-refractivity contribution in [3.05, 3.63) is 58.1 Å². The van der Waals surface area contributed by atoms with Gasteiger partial charge in [-0.2, -0.15) is 0 Å². The van der Waals surface area contributed by atoms with Crippen LogP contribution in [-0.4, -0.2) is 12.0 Å². The minimum atomic E-state index is -0.596. The third kappa shape index (κ3) is 4.01. The van der Waals surface area contributed by atoms with E-state index in [4.69, 9.17) is 16.3 Å². The molecule has 0 aliphatic heterocycles. The number of ether oxygens (including phenoxy) is 1. The summed E-state index contributed by atoms with van der Waals surface area (Å²) in [5, 5.41) is 3.44. The van der Waals surface area contributed by atoms with Gasteiger partial charge in [-0.3, -0.25) is 4.79 Å². The first kappa shape index (κ1) is 16.4. The monoisotopic (exact) mass is 317 g/mol. The number of aryl methyl sites for hydroxylation is 3. The van der Waals surface area contributed by atoms with Gasteiger partial charge in [0.1, 0.15) is 5.75 Å². The number of carbonyl (C=O) groups excluding carboxylic acids is 1. The van der Waals surface area contributed by atoms with Crippen LogP contribution in [0, 0.1) is 20.8 Å². The van der Waals surface area contributed by atoms with Gasteiger partial charge in [0.2, 0.25) is 0 Å². The number of anilines is 1. The van der Waals surface area contributed by atoms with E-state index in [1.54, 1.807) is 13.0 Å². The molecule has 3 nitrogen and oxygen atoms in total. The summed E-state index contributed by atoms with van der Waals surface area (Å²) in [6.45, 7) is 7.63. The predicted molar refractivity (Wildman–Crippen MR) is 90.8 cm³/mol. The van der Waals surface area contributed by atoms with Crippen molar-refractivity contribution < 1.29 is 9.53 Å². The van der Waals surface area contributed by atoms with E-state index in [0.717, 1.165) is 22.4 Å². The van der Waals surface area contributed by atoms with Crippen LogP contribution in [0.3, 0.4) is 0 Å². The maximum atomic E-state index is 12.2. The zero-order chi connectivity index (χ0) is 16.3. The van der Waals surface area contributed by atoms with Gasteiger partial charge in [-0.15, -0.1) is 0 Å². The average Bonchev–Trinajstić information content (AvgIpc) is 2.45. The molecule has 0 aliphatic rings. The molecule has 1 N–H and O–H groups in total. The van der Waals surface area contributed by atoms with Crippen LogP contribution in [0.2, 0.25) is 5.02 Å². The second kappa shape index (κ2) is 6.84. The highest BCUT2D eigenvalue weighted by atomic mass is 35.5. The number of hydrogen-bond acceptors (Lipinski definition) is 2. The Balaban J connectivity index is 2.04. The van der Waals surface area contributed by atoms with Gasteiger partial charge in [0.25, 0.3) is 5.91 Å². The van der Waals surface area contributed by atoms with Crippen molar-refractivity contribution in [1.82, 2.24) is 0 Å². The van der Waals surface area contributed by atoms with Crippen molar-refractivity contribution in [2.75, 3.05) is 5.32 Å². The number of benzene rings is 2. The molecule has 22 heavy (non-hydrogen) atoms. The van der Waals surface area contributed by atoms with Crippen LogP contribution in [-0.2, 0) is 4.79 Å². The molecule has 0 saturated carbocycles. The zero-order valence-corrected chi connectivity index (χ0v) is 14.0. The Morgan fingerprint density at radius 1 is 1.09 bits per heavy atom. The first-order valence-electron chi connectivity index (χ1n) is 7.18. The highest BCUT2D eigenvalue weighted by Gasteiger charge is 2.16. The predicted octanol–water partition coefficient (Wildman–Crippen LogP) is 4.67. The fourth-order valence-electron chi connectivity index (χ4n) is 2.09. The van der Waals surface area contributed by atoms with Gasteiger partial charge in [-0.1, -0.05) is 35.4 Å². The maximum absolute atomic E-state index is 12.2. The first-order chi connectivity index (χ1) is 10.4. The quantitative estimate of drug-likeness (QED) is 0.889. The Bertz CT molecular complexity index is 697. The molecule has 0 unspecified atom stereocenters. The normalized spacial score (nSPS) is 11.9. The van der Waals surface area contributed by atoms with Crippen LogP contribution < -0.4 is 10.1 Å². The molecule has 1 atom stereocenters. The summed E-state index contributed by atoms with van der Waals surface area (Å²) < 4.78 is 5.74. The molecule has 0 radical (unpaired) electrons. The fraction of sp³-hybridized carbons (Fsp3) is 0.278. The topological polar surface area (TPSA) is 38.3 Å². The lowest BCUT2D eigenvalue weighted by Crippen LogP contribution is -2.30. The minimum Gasteiger partial charge on any atom is -0.481 e. The van der Waals surface area contributed by atoms with Gasteiger partial charge in [-0.05, 0) is 57.0 Å². The SMILES string of the molecule is Cc1ccc(O[C@H](C)C(=O)Nc2ccc(C)c(Cl)c2)c(C)c1. The Hall–Kier alpha value is -2.00. The molecule has 2 aromatic rings. The number of carbonyl (C=O) groups is 1. The zero-order valence-electron chi connectivity index (χ0n) is 13.2. The van der Waals surface area contributed by atoms with Crippen LogP contribution in [0.4, 0.5) is 5.69 Å². The minimum absolute atomic E-state index is 0.208. The van der Waals surface area contributed by atoms with E-state index in [1.165, 1.54) is 0 Å². The molecular formula is C18H20ClNO2. The second-order valence-electron chi connectivity index (χ2n) is 5.48. The Labute approximate surface area is 136 Å². The lowest BCUT2D eigenvalue weighted by Gasteiger charge is -2.17. The van der Waals surface area contributed by atoms with Crippen LogP contribution >= 0.6 is 11.6 Å². The molecule has 0 heterocycles. The van der Waals surface area contributed by atoms with E-state index >= 15 is 0 Å². The fourth-order valence-corrected chi connectivity index (χ4v) is 2.27. The third-order valence-electron chi connectivity index (χ3n) is 3.44. The highest BCUT2D eigenvalue weighted by molar-refractivity contribution is 6.31. The van der Waals surface area contributed by atoms with Crippen molar-refractivity contribution in [3.63, 3.8) is 0 Å². The molecule has 4 heteroatoms. The van der Waals surface area contributed by atoms with Gasteiger partial charge in [-0.25, -0.2) is 0 Å². The molecule has 116 valence electrons. The second-order valence-corrected chi connectivity index (χ2v) is 5.89. The van der Waals surface area contributed by atoms with Gasteiger partial charge >= 0.3 is 0 Å². The lowest BCUT2D eigenvalue weighted by molar-refractivity contribution is -0.122. The lowest BCUT2D eigenvalue weighted by atomic mass is 10.1. The number of amides is 1. The van der Waals surface area contributed by atoms with Crippen molar-refractivity contribution >= 4 is 23.2 Å². The number of halogens is 1. The van der Waals surface area contributed by atoms with Gasteiger partial charge in [0.05, 0.1) is 0 Å². The van der Waals surface area contributed by atoms with Crippen molar-refractivity contribution in [2.24, 2.45) is 0 Å². The molecule has 1 amide bonds. The van der Waals surface area contributed by atoms with E-state index < -0.39 is 6.10 Å². The first-order valence-corrected chi connectivity index (χ1v) is 7.55. The van der Waals surface area contributed by atoms with Crippen molar-refractivity contribution in [2.45, 2.75) is 33.8 Å². The summed E-state index contributed by atoms with van der Waals surface area (Å²) in [5.41, 5.74) is 3.81. The van der Waals surface area contributed by atoms with E-state index in [1.807, 2.05) is 51.1 Å². The van der Waals surface area contributed by atoms with Crippen LogP contribution in [0.1, 0.15) is 23.6 Å². The molecule has 2 aromatic carbocycles. The van der Waals surface area contributed by atoms with E-state index in [2.05, 4.69) is 5.32 Å². The number of nitrogens with one attached hydrogen (secondary N) is 1. The standard InChI is InChI=1S/C18H20ClNO2/c1-11-5-8-17(13(3)9-11)22-14(4)18(21)20-15-7-6-12(2)16(19)10-15/h5-10,14H,1-4H3,(H,20,21)/t14-/m1/s1. The Morgan fingerprint density at radius 3 is 2.45 bits per heavy atom. The molecule has 0 aromatic heterocycles. The van der Waals surface area contributed by atoms with Crippen LogP contribution in [0.25, 0.3) is 0 Å². The van der Waals surface area contributed by atoms with Crippen LogP contribution in [0.5, 0.6) is 5.75 Å². The van der Waals surface area contributed by atoms with E-state index in [9.17, 15) is 4.79 Å². The van der Waals surface area contributed by atoms with E-state index in [-0.39, 0.29) is 5.91 Å². The summed E-state index contributed by atoms with van der Waals surface area (Å²) in [5.74, 6) is 0.509. The maximum Gasteiger partial charge on any atom is 0.265 e. The summed E-state index contributed by atoms with van der Waals surface area (Å²) in [6.07, 6.45) is -0.596. The number of rotatable bonds is 4. The highest BCUT2D eigenvalue weighted by Crippen LogP contribution is 2.22. The molecule has 0 aliphatic carbocycles. The van der Waals surface area contributed by atoms with E-state index in [0.29, 0.717) is 10.7 Å². The average molecular weight is 318 g/mol. The van der Waals surface area contributed by atoms with Crippen LogP contribution in [0.15, 0.2) is 36.4 Å². The largest absolute Gasteiger partial charge is 0.481 e. The molecule has 0 fully saturated rings. The van der Waals surface area contributed by atoms with Crippen molar-refractivity contribution in [1.29, 1.82) is 0 Å². The Morgan fingerprint density at radius 2 is 1.82 bits per heavy atom. The smallest absolute Gasteiger partial charge is 0.265 e. The third-order valence-corrected chi connectivity index (χ3v) is 3.85. The molecule has 0 bridgehead atoms. The molecular weight excluding hydrogens is 298 g/mol. The van der Waals surface area contributed by atoms with Gasteiger partial charge in [0.15, 0.2) is 6.10 Å². The van der Waals surface area contributed by atoms with Crippen molar-refractivity contribution in [3.8, 4) is 5.75 Å². The molecule has 0 saturated heterocycles. The molecule has 2 rings (SSSR count). The number of hydrogen-bond donors (Lipinski definition) is 1. The summed E-state index contributed by atoms with van der Waals surface area (Å²) in [4.78, 5) is 12.2. The summed E-state index contributed by atoms with van der Waals surface area (Å²) in [6, 6.07) is 11.3. The van der Waals surface area contributed by atoms with Gasteiger partial charge in [0, 0.05) is 10.7 Å².